The summed E-state index contributed by atoms with van der Waals surface area (Å²) in [7, 11) is 0. The largest absolute Gasteiger partial charge is 0.384 e. The number of anilines is 1. The average Bonchev–Trinajstić information content (AvgIpc) is 2.96. The Hall–Kier alpha value is -2.21. The molecule has 8 heteroatoms. The van der Waals surface area contributed by atoms with Gasteiger partial charge in [0, 0.05) is 24.2 Å². The van der Waals surface area contributed by atoms with E-state index in [4.69, 9.17) is 16.7 Å². The second kappa shape index (κ2) is 6.50. The summed E-state index contributed by atoms with van der Waals surface area (Å²) >= 11 is 3.06. The minimum atomic E-state index is 0.0262. The maximum absolute atomic E-state index is 8.96. The second-order valence-electron chi connectivity index (χ2n) is 4.90. The second-order valence-corrected chi connectivity index (χ2v) is 7.12. The lowest BCUT2D eigenvalue weighted by Crippen LogP contribution is -2.00. The normalized spacial score (nSPS) is 12.2. The highest BCUT2D eigenvalue weighted by molar-refractivity contribution is 7.99. The molecule has 1 unspecified atom stereocenters. The standard InChI is InChI=1S/C15H14N6S2/c1-8(23-15-20-10(5-17)2-14(18)21-15)12-3-11-9(4-16)7-22-13(11)6-19-12/h2-3,6-8H,4,16H2,1H3,(H2,18,20,21). The molecule has 0 bridgehead atoms. The Morgan fingerprint density at radius 3 is 2.96 bits per heavy atom. The summed E-state index contributed by atoms with van der Waals surface area (Å²) in [6.07, 6.45) is 1.87. The van der Waals surface area contributed by atoms with Gasteiger partial charge in [-0.25, -0.2) is 9.97 Å². The van der Waals surface area contributed by atoms with Crippen molar-refractivity contribution in [2.75, 3.05) is 5.73 Å². The maximum atomic E-state index is 8.96. The van der Waals surface area contributed by atoms with Crippen LogP contribution in [0.4, 0.5) is 5.82 Å². The van der Waals surface area contributed by atoms with E-state index in [1.165, 1.54) is 17.8 Å². The van der Waals surface area contributed by atoms with Crippen LogP contribution in [0, 0.1) is 11.3 Å². The van der Waals surface area contributed by atoms with E-state index in [-0.39, 0.29) is 16.8 Å². The van der Waals surface area contributed by atoms with Gasteiger partial charge < -0.3 is 11.5 Å². The van der Waals surface area contributed by atoms with Crippen LogP contribution in [0.3, 0.4) is 0 Å². The van der Waals surface area contributed by atoms with Crippen molar-refractivity contribution in [3.63, 3.8) is 0 Å². The van der Waals surface area contributed by atoms with E-state index in [1.54, 1.807) is 11.3 Å². The molecule has 0 aliphatic heterocycles. The Labute approximate surface area is 141 Å². The van der Waals surface area contributed by atoms with Gasteiger partial charge in [0.1, 0.15) is 17.6 Å². The summed E-state index contributed by atoms with van der Waals surface area (Å²) in [4.78, 5) is 12.8. The summed E-state index contributed by atoms with van der Waals surface area (Å²) in [6.45, 7) is 2.53. The van der Waals surface area contributed by atoms with Gasteiger partial charge in [0.25, 0.3) is 0 Å². The lowest BCUT2D eigenvalue weighted by molar-refractivity contribution is 0.936. The van der Waals surface area contributed by atoms with Crippen LogP contribution < -0.4 is 11.5 Å². The molecule has 0 radical (unpaired) electrons. The Bertz CT molecular complexity index is 899. The number of thioether (sulfide) groups is 1. The number of pyridine rings is 1. The molecule has 0 fully saturated rings. The number of nitriles is 1. The highest BCUT2D eigenvalue weighted by Gasteiger charge is 2.14. The molecule has 3 heterocycles. The lowest BCUT2D eigenvalue weighted by Gasteiger charge is -2.10. The topological polar surface area (TPSA) is 114 Å². The smallest absolute Gasteiger partial charge is 0.191 e. The van der Waals surface area contributed by atoms with Crippen molar-refractivity contribution in [2.45, 2.75) is 23.9 Å². The number of nitrogens with zero attached hydrogens (tertiary/aromatic N) is 4. The van der Waals surface area contributed by atoms with Crippen LogP contribution in [-0.2, 0) is 6.54 Å². The van der Waals surface area contributed by atoms with Gasteiger partial charge in [0.2, 0.25) is 0 Å². The molecule has 0 saturated heterocycles. The van der Waals surface area contributed by atoms with Crippen LogP contribution in [0.2, 0.25) is 0 Å². The van der Waals surface area contributed by atoms with Crippen LogP contribution in [0.1, 0.15) is 29.1 Å². The highest BCUT2D eigenvalue weighted by Crippen LogP contribution is 2.35. The SMILES string of the molecule is CC(Sc1nc(N)cc(C#N)n1)c1cc2c(CN)csc2cn1. The zero-order chi connectivity index (χ0) is 16.4. The molecule has 3 aromatic heterocycles. The minimum Gasteiger partial charge on any atom is -0.384 e. The predicted octanol–water partition coefficient (Wildman–Crippen LogP) is 2.85. The third-order valence-corrected chi connectivity index (χ3v) is 5.29. The highest BCUT2D eigenvalue weighted by atomic mass is 32.2. The number of hydrogen-bond donors (Lipinski definition) is 2. The third kappa shape index (κ3) is 3.27. The molecule has 0 aromatic carbocycles. The van der Waals surface area contributed by atoms with E-state index < -0.39 is 0 Å². The first-order valence-electron chi connectivity index (χ1n) is 6.88. The zero-order valence-electron chi connectivity index (χ0n) is 12.4. The molecule has 1 atom stereocenters. The Balaban J connectivity index is 1.90. The molecule has 116 valence electrons. The molecule has 0 saturated carbocycles. The summed E-state index contributed by atoms with van der Waals surface area (Å²) in [5.41, 5.74) is 13.8. The average molecular weight is 342 g/mol. The van der Waals surface area contributed by atoms with Gasteiger partial charge in [0.15, 0.2) is 5.16 Å². The van der Waals surface area contributed by atoms with Crippen LogP contribution in [0.15, 0.2) is 28.9 Å². The number of aromatic nitrogens is 3. The first-order chi connectivity index (χ1) is 11.1. The van der Waals surface area contributed by atoms with E-state index in [1.807, 2.05) is 19.2 Å². The van der Waals surface area contributed by atoms with E-state index in [2.05, 4.69) is 26.4 Å². The molecule has 3 aromatic rings. The van der Waals surface area contributed by atoms with E-state index in [0.29, 0.717) is 11.7 Å². The number of hydrogen-bond acceptors (Lipinski definition) is 8. The Morgan fingerprint density at radius 2 is 2.22 bits per heavy atom. The van der Waals surface area contributed by atoms with Gasteiger partial charge in [-0.15, -0.1) is 11.3 Å². The first-order valence-corrected chi connectivity index (χ1v) is 8.64. The van der Waals surface area contributed by atoms with E-state index in [9.17, 15) is 0 Å². The van der Waals surface area contributed by atoms with Crippen molar-refractivity contribution in [3.05, 3.63) is 40.7 Å². The molecule has 0 aliphatic carbocycles. The summed E-state index contributed by atoms with van der Waals surface area (Å²) in [6, 6.07) is 5.50. The molecule has 0 aliphatic rings. The quantitative estimate of drug-likeness (QED) is 0.553. The van der Waals surface area contributed by atoms with Gasteiger partial charge in [-0.3, -0.25) is 4.98 Å². The van der Waals surface area contributed by atoms with Crippen molar-refractivity contribution in [1.82, 2.24) is 15.0 Å². The van der Waals surface area contributed by atoms with E-state index >= 15 is 0 Å². The van der Waals surface area contributed by atoms with Crippen molar-refractivity contribution in [2.24, 2.45) is 5.73 Å². The number of fused-ring (bicyclic) bond motifs is 1. The van der Waals surface area contributed by atoms with Crippen LogP contribution in [-0.4, -0.2) is 15.0 Å². The van der Waals surface area contributed by atoms with Gasteiger partial charge in [0.05, 0.1) is 15.6 Å². The van der Waals surface area contributed by atoms with Crippen molar-refractivity contribution in [3.8, 4) is 6.07 Å². The molecule has 0 amide bonds. The molecule has 6 nitrogen and oxygen atoms in total. The molecular weight excluding hydrogens is 328 g/mol. The van der Waals surface area contributed by atoms with Crippen LogP contribution in [0.5, 0.6) is 0 Å². The zero-order valence-corrected chi connectivity index (χ0v) is 14.0. The molecule has 4 N–H and O–H groups in total. The minimum absolute atomic E-state index is 0.0262. The van der Waals surface area contributed by atoms with Crippen molar-refractivity contribution in [1.29, 1.82) is 5.26 Å². The maximum Gasteiger partial charge on any atom is 0.191 e. The fourth-order valence-corrected chi connectivity index (χ4v) is 3.95. The monoisotopic (exact) mass is 342 g/mol. The Morgan fingerprint density at radius 1 is 1.39 bits per heavy atom. The van der Waals surface area contributed by atoms with Gasteiger partial charge in [-0.1, -0.05) is 11.8 Å². The molecule has 0 spiro atoms. The third-order valence-electron chi connectivity index (χ3n) is 3.32. The van der Waals surface area contributed by atoms with E-state index in [0.717, 1.165) is 21.3 Å². The Kier molecular flexibility index (Phi) is 4.43. The van der Waals surface area contributed by atoms with Gasteiger partial charge >= 0.3 is 0 Å². The van der Waals surface area contributed by atoms with Gasteiger partial charge in [-0.2, -0.15) is 5.26 Å². The lowest BCUT2D eigenvalue weighted by atomic mass is 10.1. The summed E-state index contributed by atoms with van der Waals surface area (Å²) in [5.74, 6) is 0.290. The number of thiophene rings is 1. The fraction of sp³-hybridized carbons (Fsp3) is 0.200. The molecular formula is C15H14N6S2. The fourth-order valence-electron chi connectivity index (χ4n) is 2.15. The number of rotatable bonds is 4. The van der Waals surface area contributed by atoms with Crippen LogP contribution in [0.25, 0.3) is 10.1 Å². The summed E-state index contributed by atoms with van der Waals surface area (Å²) < 4.78 is 1.12. The summed E-state index contributed by atoms with van der Waals surface area (Å²) in [5, 5.41) is 12.7. The molecule has 3 rings (SSSR count). The molecule has 23 heavy (non-hydrogen) atoms. The number of nitrogen functional groups attached to an aromatic ring is 1. The first kappa shape index (κ1) is 15.7. The predicted molar refractivity (Wildman–Crippen MR) is 92.9 cm³/mol. The van der Waals surface area contributed by atoms with Crippen LogP contribution >= 0.6 is 23.1 Å². The van der Waals surface area contributed by atoms with Crippen molar-refractivity contribution >= 4 is 39.0 Å². The van der Waals surface area contributed by atoms with Crippen molar-refractivity contribution < 1.29 is 0 Å². The number of nitrogens with two attached hydrogens (primary N) is 2. The van der Waals surface area contributed by atoms with Gasteiger partial charge in [-0.05, 0) is 23.9 Å².